The fraction of sp³-hybridized carbons (Fsp3) is 0.409. The van der Waals surface area contributed by atoms with Crippen LogP contribution in [0.2, 0.25) is 0 Å². The number of anilines is 1. The van der Waals surface area contributed by atoms with E-state index in [1.165, 1.54) is 74.1 Å². The lowest BCUT2D eigenvalue weighted by molar-refractivity contribution is -0.866. The highest BCUT2D eigenvalue weighted by Gasteiger charge is 2.86. The van der Waals surface area contributed by atoms with Crippen LogP contribution in [0.4, 0.5) is 5.69 Å². The molecular formula is C44H49N3+2. The molecule has 0 bridgehead atoms. The Morgan fingerprint density at radius 3 is 2.38 bits per heavy atom. The van der Waals surface area contributed by atoms with Crippen molar-refractivity contribution in [1.82, 2.24) is 0 Å². The zero-order chi connectivity index (χ0) is 32.5. The summed E-state index contributed by atoms with van der Waals surface area (Å²) in [6.07, 6.45) is 12.9. The average molecular weight is 620 g/mol. The topological polar surface area (TPSA) is 11.0 Å². The molecule has 0 N–H and O–H groups in total. The standard InChI is InChI=1S/C44H49N3/c1-8-11-15-29-24-30-21-23-47-40-38(30)36(25-29)41(4,5)34-16-14-17-35(39(34)40)44(10-3)42(47,9-2)28-43(44)27-31-19-20-32(45(6)7)26-33(31)37-18-12-13-22-46(37)43/h12-14,16-26H,8-11,15,27-28H2,1-7H3/q+2. The molecule has 2 aromatic heterocycles. The second-order valence-corrected chi connectivity index (χ2v) is 15.8. The van der Waals surface area contributed by atoms with Gasteiger partial charge in [-0.15, -0.1) is 0 Å². The Morgan fingerprint density at radius 2 is 1.62 bits per heavy atom. The van der Waals surface area contributed by atoms with E-state index < -0.39 is 0 Å². The van der Waals surface area contributed by atoms with Crippen LogP contribution in [0.5, 0.6) is 0 Å². The second-order valence-electron chi connectivity index (χ2n) is 15.8. The van der Waals surface area contributed by atoms with Crippen LogP contribution in [0.15, 0.2) is 85.2 Å². The third kappa shape index (κ3) is 3.24. The van der Waals surface area contributed by atoms with Crippen molar-refractivity contribution in [3.63, 3.8) is 0 Å². The summed E-state index contributed by atoms with van der Waals surface area (Å²) in [7, 11) is 4.30. The Labute approximate surface area is 280 Å². The molecule has 0 saturated heterocycles. The van der Waals surface area contributed by atoms with Crippen LogP contribution in [0.1, 0.15) is 94.5 Å². The molecular weight excluding hydrogens is 571 g/mol. The van der Waals surface area contributed by atoms with Crippen molar-refractivity contribution < 1.29 is 9.13 Å². The molecule has 2 aliphatic carbocycles. The summed E-state index contributed by atoms with van der Waals surface area (Å²) in [5, 5.41) is 2.91. The van der Waals surface area contributed by atoms with Crippen LogP contribution < -0.4 is 14.0 Å². The first kappa shape index (κ1) is 29.2. The van der Waals surface area contributed by atoms with Gasteiger partial charge in [0.15, 0.2) is 23.5 Å². The quantitative estimate of drug-likeness (QED) is 0.173. The molecule has 3 atom stereocenters. The Kier molecular flexibility index (Phi) is 5.93. The summed E-state index contributed by atoms with van der Waals surface area (Å²) in [4.78, 5) is 2.23. The third-order valence-corrected chi connectivity index (χ3v) is 13.5. The third-order valence-electron chi connectivity index (χ3n) is 13.5. The molecule has 3 heteroatoms. The van der Waals surface area contributed by atoms with Gasteiger partial charge in [-0.3, -0.25) is 0 Å². The van der Waals surface area contributed by atoms with E-state index in [9.17, 15) is 0 Å². The second kappa shape index (κ2) is 9.56. The molecule has 3 nitrogen and oxygen atoms in total. The predicted molar refractivity (Wildman–Crippen MR) is 193 cm³/mol. The highest BCUT2D eigenvalue weighted by Crippen LogP contribution is 2.71. The lowest BCUT2D eigenvalue weighted by Gasteiger charge is -2.66. The van der Waals surface area contributed by atoms with Gasteiger partial charge in [-0.1, -0.05) is 77.4 Å². The monoisotopic (exact) mass is 619 g/mol. The molecule has 9 rings (SSSR count). The molecule has 4 aliphatic rings. The van der Waals surface area contributed by atoms with Crippen molar-refractivity contribution in [2.45, 2.75) is 101 Å². The zero-order valence-electron chi connectivity index (χ0n) is 29.4. The van der Waals surface area contributed by atoms with E-state index in [0.29, 0.717) is 0 Å². The number of nitrogens with zero attached hydrogens (tertiary/aromatic N) is 3. The molecule has 238 valence electrons. The maximum atomic E-state index is 2.81. The van der Waals surface area contributed by atoms with Gasteiger partial charge in [-0.25, -0.2) is 0 Å². The highest BCUT2D eigenvalue weighted by molar-refractivity contribution is 6.02. The molecule has 0 radical (unpaired) electrons. The maximum Gasteiger partial charge on any atom is 0.221 e. The largest absolute Gasteiger partial charge is 0.378 e. The minimum Gasteiger partial charge on any atom is -0.378 e. The summed E-state index contributed by atoms with van der Waals surface area (Å²) in [6.45, 7) is 12.2. The van der Waals surface area contributed by atoms with Gasteiger partial charge in [0, 0.05) is 56.2 Å². The van der Waals surface area contributed by atoms with E-state index in [1.807, 2.05) is 0 Å². The number of benzene rings is 3. The maximum absolute atomic E-state index is 2.81. The van der Waals surface area contributed by atoms with Crippen LogP contribution in [-0.2, 0) is 34.7 Å². The van der Waals surface area contributed by atoms with E-state index in [1.54, 1.807) is 5.56 Å². The number of aromatic nitrogens is 2. The normalized spacial score (nSPS) is 25.2. The number of rotatable bonds is 6. The van der Waals surface area contributed by atoms with Crippen molar-refractivity contribution in [3.8, 4) is 22.5 Å². The number of hydrogen-bond donors (Lipinski definition) is 0. The molecule has 3 aromatic carbocycles. The van der Waals surface area contributed by atoms with Crippen LogP contribution in [-0.4, -0.2) is 14.1 Å². The Bertz CT molecular complexity index is 2140. The number of hydrogen-bond acceptors (Lipinski definition) is 1. The molecule has 5 aromatic rings. The molecule has 4 heterocycles. The van der Waals surface area contributed by atoms with Crippen molar-refractivity contribution >= 4 is 16.5 Å². The lowest BCUT2D eigenvalue weighted by Crippen LogP contribution is -2.91. The fourth-order valence-electron chi connectivity index (χ4n) is 11.4. The summed E-state index contributed by atoms with van der Waals surface area (Å²) in [6, 6.07) is 29.0. The first-order valence-corrected chi connectivity index (χ1v) is 18.2. The minimum atomic E-state index is -0.0805. The van der Waals surface area contributed by atoms with E-state index >= 15 is 0 Å². The molecule has 47 heavy (non-hydrogen) atoms. The Hall–Kier alpha value is -3.98. The summed E-state index contributed by atoms with van der Waals surface area (Å²) < 4.78 is 5.55. The Morgan fingerprint density at radius 1 is 0.787 bits per heavy atom. The average Bonchev–Trinajstić information content (AvgIpc) is 3.08. The number of fused-ring (bicyclic) bond motifs is 8. The molecule has 1 spiro atoms. The van der Waals surface area contributed by atoms with Gasteiger partial charge in [-0.2, -0.15) is 9.13 Å². The highest BCUT2D eigenvalue weighted by atomic mass is 15.2. The summed E-state index contributed by atoms with van der Waals surface area (Å²) >= 11 is 0. The van der Waals surface area contributed by atoms with Gasteiger partial charge in [-0.05, 0) is 70.7 Å². The van der Waals surface area contributed by atoms with Gasteiger partial charge >= 0.3 is 0 Å². The van der Waals surface area contributed by atoms with Crippen molar-refractivity contribution in [1.29, 1.82) is 0 Å². The number of aryl methyl sites for hydroxylation is 1. The van der Waals surface area contributed by atoms with Crippen LogP contribution >= 0.6 is 0 Å². The minimum absolute atomic E-state index is 0.0161. The van der Waals surface area contributed by atoms with Gasteiger partial charge in [0.1, 0.15) is 5.41 Å². The van der Waals surface area contributed by atoms with E-state index in [4.69, 9.17) is 0 Å². The SMILES string of the molecule is CCCCc1cc2c3c4[n+](ccc3c1)C1(CC)CC3(Cc5ccc(N(C)C)cc5-c5cccc[n+]53)C1(CC)c1cccc(c1-4)C2(C)C. The van der Waals surface area contributed by atoms with E-state index in [0.717, 1.165) is 32.1 Å². The van der Waals surface area contributed by atoms with Gasteiger partial charge in [0.05, 0.1) is 22.9 Å². The number of pyridine rings is 2. The van der Waals surface area contributed by atoms with Crippen molar-refractivity contribution in [2.75, 3.05) is 19.0 Å². The molecule has 0 amide bonds. The summed E-state index contributed by atoms with van der Waals surface area (Å²) in [5.74, 6) is 0. The smallest absolute Gasteiger partial charge is 0.221 e. The van der Waals surface area contributed by atoms with Crippen LogP contribution in [0.3, 0.4) is 0 Å². The van der Waals surface area contributed by atoms with Gasteiger partial charge < -0.3 is 4.90 Å². The van der Waals surface area contributed by atoms with Crippen LogP contribution in [0.25, 0.3) is 33.3 Å². The predicted octanol–water partition coefficient (Wildman–Crippen LogP) is 8.92. The van der Waals surface area contributed by atoms with E-state index in [-0.39, 0.29) is 21.9 Å². The first-order chi connectivity index (χ1) is 22.7. The fourth-order valence-corrected chi connectivity index (χ4v) is 11.4. The lowest BCUT2D eigenvalue weighted by atomic mass is 9.36. The van der Waals surface area contributed by atoms with E-state index in [2.05, 4.69) is 148 Å². The van der Waals surface area contributed by atoms with Crippen molar-refractivity contribution in [3.05, 3.63) is 113 Å². The van der Waals surface area contributed by atoms with Crippen molar-refractivity contribution in [2.24, 2.45) is 0 Å². The molecule has 3 unspecified atom stereocenters. The van der Waals surface area contributed by atoms with Gasteiger partial charge in [0.2, 0.25) is 11.4 Å². The summed E-state index contributed by atoms with van der Waals surface area (Å²) in [5.41, 5.74) is 14.4. The zero-order valence-corrected chi connectivity index (χ0v) is 29.4. The number of unbranched alkanes of at least 4 members (excludes halogenated alkanes) is 1. The molecule has 2 aliphatic heterocycles. The molecule has 1 fully saturated rings. The Balaban J connectivity index is 1.36. The van der Waals surface area contributed by atoms with Gasteiger partial charge in [0.25, 0.3) is 0 Å². The first-order valence-electron chi connectivity index (χ1n) is 18.2. The molecule has 1 saturated carbocycles. The van der Waals surface area contributed by atoms with Crippen LogP contribution in [0, 0.1) is 0 Å².